The van der Waals surface area contributed by atoms with Crippen LogP contribution in [0.2, 0.25) is 0 Å². The van der Waals surface area contributed by atoms with E-state index in [1.165, 1.54) is 11.3 Å². The molecule has 21 heavy (non-hydrogen) atoms. The van der Waals surface area contributed by atoms with Crippen LogP contribution in [-0.4, -0.2) is 20.7 Å². The highest BCUT2D eigenvalue weighted by Gasteiger charge is 2.17. The molecule has 0 saturated carbocycles. The van der Waals surface area contributed by atoms with E-state index in [-0.39, 0.29) is 11.9 Å². The lowest BCUT2D eigenvalue weighted by Crippen LogP contribution is -2.11. The molecule has 0 aliphatic heterocycles. The molecule has 0 aromatic carbocycles. The number of nitrogen functional groups attached to an aromatic ring is 1. The molecule has 0 aliphatic rings. The zero-order valence-corrected chi connectivity index (χ0v) is 12.5. The van der Waals surface area contributed by atoms with Gasteiger partial charge >= 0.3 is 0 Å². The zero-order valence-electron chi connectivity index (χ0n) is 11.7. The van der Waals surface area contributed by atoms with E-state index >= 15 is 0 Å². The number of thiophene rings is 1. The molecule has 0 unspecified atom stereocenters. The van der Waals surface area contributed by atoms with Gasteiger partial charge < -0.3 is 11.1 Å². The van der Waals surface area contributed by atoms with E-state index in [2.05, 4.69) is 15.4 Å². The predicted octanol–water partition coefficient (Wildman–Crippen LogP) is 2.91. The van der Waals surface area contributed by atoms with E-state index in [9.17, 15) is 4.79 Å². The van der Waals surface area contributed by atoms with Gasteiger partial charge in [-0.2, -0.15) is 5.10 Å². The Bertz CT molecular complexity index is 805. The van der Waals surface area contributed by atoms with Crippen LogP contribution >= 0.6 is 11.3 Å². The number of amides is 1. The largest absolute Gasteiger partial charge is 0.396 e. The van der Waals surface area contributed by atoms with Gasteiger partial charge in [0.05, 0.1) is 22.3 Å². The Morgan fingerprint density at radius 1 is 1.48 bits per heavy atom. The van der Waals surface area contributed by atoms with Crippen molar-refractivity contribution < 1.29 is 4.79 Å². The van der Waals surface area contributed by atoms with Gasteiger partial charge in [-0.05, 0) is 26.0 Å². The number of nitrogens with two attached hydrogens (primary N) is 1. The monoisotopic (exact) mass is 301 g/mol. The fourth-order valence-corrected chi connectivity index (χ4v) is 2.97. The summed E-state index contributed by atoms with van der Waals surface area (Å²) >= 11 is 1.34. The normalized spacial score (nSPS) is 11.2. The first-order valence-electron chi connectivity index (χ1n) is 6.54. The Morgan fingerprint density at radius 3 is 2.95 bits per heavy atom. The molecular weight excluding hydrogens is 286 g/mol. The van der Waals surface area contributed by atoms with Gasteiger partial charge in [0, 0.05) is 18.4 Å². The molecule has 0 bridgehead atoms. The summed E-state index contributed by atoms with van der Waals surface area (Å²) in [4.78, 5) is 17.0. The van der Waals surface area contributed by atoms with Gasteiger partial charge in [-0.3, -0.25) is 14.5 Å². The van der Waals surface area contributed by atoms with E-state index in [1.807, 2.05) is 26.0 Å². The molecule has 0 atom stereocenters. The number of aromatic nitrogens is 3. The predicted molar refractivity (Wildman–Crippen MR) is 84.6 cm³/mol. The van der Waals surface area contributed by atoms with E-state index in [4.69, 9.17) is 5.73 Å². The molecular formula is C14H15N5OS. The highest BCUT2D eigenvalue weighted by molar-refractivity contribution is 7.21. The standard InChI is InChI=1S/C14H15N5OS/c1-8(2)19-7-9(6-17-19)18-14(20)13-11(15)12-10(21-13)4-3-5-16-12/h3-8H,15H2,1-2H3,(H,18,20). The second kappa shape index (κ2) is 5.17. The Kier molecular flexibility index (Phi) is 3.34. The molecule has 3 aromatic rings. The van der Waals surface area contributed by atoms with Crippen LogP contribution in [0, 0.1) is 0 Å². The maximum Gasteiger partial charge on any atom is 0.268 e. The summed E-state index contributed by atoms with van der Waals surface area (Å²) in [5.41, 5.74) is 7.76. The number of carbonyl (C=O) groups is 1. The molecule has 0 saturated heterocycles. The van der Waals surface area contributed by atoms with Gasteiger partial charge in [0.2, 0.25) is 0 Å². The number of hydrogen-bond acceptors (Lipinski definition) is 5. The van der Waals surface area contributed by atoms with Crippen molar-refractivity contribution in [2.24, 2.45) is 0 Å². The average molecular weight is 301 g/mol. The van der Waals surface area contributed by atoms with Gasteiger partial charge in [0.15, 0.2) is 0 Å². The topological polar surface area (TPSA) is 85.8 Å². The van der Waals surface area contributed by atoms with Crippen molar-refractivity contribution in [1.29, 1.82) is 0 Å². The van der Waals surface area contributed by atoms with Crippen LogP contribution in [0.15, 0.2) is 30.7 Å². The number of nitrogens with zero attached hydrogens (tertiary/aromatic N) is 3. The summed E-state index contributed by atoms with van der Waals surface area (Å²) in [7, 11) is 0. The Hall–Kier alpha value is -2.41. The first kappa shape index (κ1) is 13.6. The number of pyridine rings is 1. The van der Waals surface area contributed by atoms with Gasteiger partial charge in [0.1, 0.15) is 10.4 Å². The van der Waals surface area contributed by atoms with Gasteiger partial charge in [-0.25, -0.2) is 0 Å². The second-order valence-electron chi connectivity index (χ2n) is 4.95. The van der Waals surface area contributed by atoms with Gasteiger partial charge in [0.25, 0.3) is 5.91 Å². The lowest BCUT2D eigenvalue weighted by molar-refractivity contribution is 0.103. The molecule has 3 rings (SSSR count). The van der Waals surface area contributed by atoms with Crippen LogP contribution < -0.4 is 11.1 Å². The molecule has 3 aromatic heterocycles. The molecule has 108 valence electrons. The summed E-state index contributed by atoms with van der Waals surface area (Å²) < 4.78 is 2.68. The van der Waals surface area contributed by atoms with Crippen LogP contribution in [0.5, 0.6) is 0 Å². The van der Waals surface area contributed by atoms with Gasteiger partial charge in [-0.1, -0.05) is 0 Å². The number of nitrogens with one attached hydrogen (secondary N) is 1. The van der Waals surface area contributed by atoms with E-state index < -0.39 is 0 Å². The van der Waals surface area contributed by atoms with Crippen LogP contribution in [0.1, 0.15) is 29.6 Å². The fourth-order valence-electron chi connectivity index (χ4n) is 1.99. The van der Waals surface area contributed by atoms with Crippen molar-refractivity contribution in [2.45, 2.75) is 19.9 Å². The van der Waals surface area contributed by atoms with Crippen LogP contribution in [0.3, 0.4) is 0 Å². The van der Waals surface area contributed by atoms with Crippen molar-refractivity contribution >= 4 is 38.8 Å². The van der Waals surface area contributed by atoms with E-state index in [0.29, 0.717) is 21.8 Å². The average Bonchev–Trinajstić information content (AvgIpc) is 3.05. The molecule has 0 aliphatic carbocycles. The highest BCUT2D eigenvalue weighted by Crippen LogP contribution is 2.32. The highest BCUT2D eigenvalue weighted by atomic mass is 32.1. The smallest absolute Gasteiger partial charge is 0.268 e. The van der Waals surface area contributed by atoms with E-state index in [1.54, 1.807) is 23.3 Å². The SMILES string of the molecule is CC(C)n1cc(NC(=O)c2sc3cccnc3c2N)cn1. The number of rotatable bonds is 3. The minimum atomic E-state index is -0.237. The first-order chi connectivity index (χ1) is 10.1. The van der Waals surface area contributed by atoms with Crippen molar-refractivity contribution in [3.8, 4) is 0 Å². The molecule has 0 radical (unpaired) electrons. The molecule has 3 heterocycles. The summed E-state index contributed by atoms with van der Waals surface area (Å²) in [6.45, 7) is 4.04. The van der Waals surface area contributed by atoms with Crippen molar-refractivity contribution in [1.82, 2.24) is 14.8 Å². The number of carbonyl (C=O) groups excluding carboxylic acids is 1. The number of anilines is 2. The van der Waals surface area contributed by atoms with E-state index in [0.717, 1.165) is 4.70 Å². The lowest BCUT2D eigenvalue weighted by Gasteiger charge is -2.03. The summed E-state index contributed by atoms with van der Waals surface area (Å²) in [6.07, 6.45) is 5.09. The second-order valence-corrected chi connectivity index (χ2v) is 6.00. The minimum absolute atomic E-state index is 0.237. The Morgan fingerprint density at radius 2 is 2.29 bits per heavy atom. The van der Waals surface area contributed by atoms with Gasteiger partial charge in [-0.15, -0.1) is 11.3 Å². The van der Waals surface area contributed by atoms with Crippen LogP contribution in [0.25, 0.3) is 10.2 Å². The Balaban J connectivity index is 1.88. The number of hydrogen-bond donors (Lipinski definition) is 2. The first-order valence-corrected chi connectivity index (χ1v) is 7.36. The summed E-state index contributed by atoms with van der Waals surface area (Å²) in [5.74, 6) is -0.237. The summed E-state index contributed by atoms with van der Waals surface area (Å²) in [5, 5.41) is 7.01. The zero-order chi connectivity index (χ0) is 15.0. The third-order valence-corrected chi connectivity index (χ3v) is 4.24. The number of fused-ring (bicyclic) bond motifs is 1. The Labute approximate surface area is 125 Å². The maximum absolute atomic E-state index is 12.3. The van der Waals surface area contributed by atoms with Crippen LogP contribution in [0.4, 0.5) is 11.4 Å². The molecule has 1 amide bonds. The fraction of sp³-hybridized carbons (Fsp3) is 0.214. The molecule has 3 N–H and O–H groups in total. The van der Waals surface area contributed by atoms with Crippen LogP contribution in [-0.2, 0) is 0 Å². The van der Waals surface area contributed by atoms with Crippen molar-refractivity contribution in [3.63, 3.8) is 0 Å². The lowest BCUT2D eigenvalue weighted by atomic mass is 10.3. The van der Waals surface area contributed by atoms with Crippen molar-refractivity contribution in [3.05, 3.63) is 35.6 Å². The third kappa shape index (κ3) is 2.47. The molecule has 0 spiro atoms. The molecule has 0 fully saturated rings. The quantitative estimate of drug-likeness (QED) is 0.779. The molecule has 7 heteroatoms. The maximum atomic E-state index is 12.3. The minimum Gasteiger partial charge on any atom is -0.396 e. The summed E-state index contributed by atoms with van der Waals surface area (Å²) in [6, 6.07) is 3.97. The van der Waals surface area contributed by atoms with Crippen molar-refractivity contribution in [2.75, 3.05) is 11.1 Å². The molecule has 6 nitrogen and oxygen atoms in total. The third-order valence-electron chi connectivity index (χ3n) is 3.08.